The molecule has 0 bridgehead atoms. The van der Waals surface area contributed by atoms with E-state index in [1.165, 1.54) is 6.20 Å². The van der Waals surface area contributed by atoms with Crippen LogP contribution < -0.4 is 5.48 Å². The van der Waals surface area contributed by atoms with Gasteiger partial charge in [0.15, 0.2) is 0 Å². The lowest BCUT2D eigenvalue weighted by Gasteiger charge is -2.04. The van der Waals surface area contributed by atoms with Gasteiger partial charge in [-0.15, -0.1) is 0 Å². The number of carbonyl (C=O) groups excluding carboxylic acids is 1. The fourth-order valence-corrected chi connectivity index (χ4v) is 2.11. The molecular weight excluding hydrogens is 302 g/mol. The third kappa shape index (κ3) is 3.64. The maximum atomic E-state index is 11.4. The molecule has 3 aromatic rings. The van der Waals surface area contributed by atoms with E-state index in [1.54, 1.807) is 30.1 Å². The van der Waals surface area contributed by atoms with E-state index in [0.717, 1.165) is 22.3 Å². The van der Waals surface area contributed by atoms with Crippen LogP contribution >= 0.6 is 0 Å². The number of benzene rings is 1. The summed E-state index contributed by atoms with van der Waals surface area (Å²) in [5, 5.41) is 8.69. The zero-order chi connectivity index (χ0) is 16.8. The number of carbonyl (C=O) groups is 1. The van der Waals surface area contributed by atoms with Crippen LogP contribution in [0.25, 0.3) is 11.1 Å². The SMILES string of the molecule is O=C(NO)c1cncc(-c2ccc(C#Cc3cccnc3)cc2)c1. The molecule has 5 heteroatoms. The van der Waals surface area contributed by atoms with Crippen molar-refractivity contribution in [1.29, 1.82) is 0 Å². The highest BCUT2D eigenvalue weighted by Crippen LogP contribution is 2.20. The number of amides is 1. The lowest BCUT2D eigenvalue weighted by Crippen LogP contribution is -2.18. The van der Waals surface area contributed by atoms with Gasteiger partial charge in [-0.05, 0) is 35.9 Å². The van der Waals surface area contributed by atoms with Gasteiger partial charge < -0.3 is 0 Å². The number of nitrogens with one attached hydrogen (secondary N) is 1. The van der Waals surface area contributed by atoms with Crippen molar-refractivity contribution in [1.82, 2.24) is 15.4 Å². The average Bonchev–Trinajstić information content (AvgIpc) is 2.67. The van der Waals surface area contributed by atoms with Gasteiger partial charge in [-0.1, -0.05) is 24.0 Å². The van der Waals surface area contributed by atoms with E-state index >= 15 is 0 Å². The molecule has 1 aromatic carbocycles. The molecule has 0 unspecified atom stereocenters. The summed E-state index contributed by atoms with van der Waals surface area (Å²) in [6.45, 7) is 0. The first-order chi connectivity index (χ1) is 11.8. The number of nitrogens with zero attached hydrogens (tertiary/aromatic N) is 2. The standard InChI is InChI=1S/C19H13N3O2/c23-19(22-24)18-10-17(12-21-13-18)16-7-5-14(6-8-16)3-4-15-2-1-9-20-11-15/h1-2,5-13,24H,(H,22,23). The quantitative estimate of drug-likeness (QED) is 0.433. The number of rotatable bonds is 2. The summed E-state index contributed by atoms with van der Waals surface area (Å²) in [4.78, 5) is 19.5. The van der Waals surface area contributed by atoms with Crippen LogP contribution in [0.5, 0.6) is 0 Å². The van der Waals surface area contributed by atoms with Crippen LogP contribution in [0.3, 0.4) is 0 Å². The van der Waals surface area contributed by atoms with E-state index in [1.807, 2.05) is 36.4 Å². The van der Waals surface area contributed by atoms with Gasteiger partial charge in [-0.2, -0.15) is 0 Å². The summed E-state index contributed by atoms with van der Waals surface area (Å²) in [7, 11) is 0. The molecule has 0 aliphatic rings. The van der Waals surface area contributed by atoms with Crippen LogP contribution in [0.4, 0.5) is 0 Å². The number of hydroxylamine groups is 1. The van der Waals surface area contributed by atoms with E-state index in [-0.39, 0.29) is 5.56 Å². The minimum absolute atomic E-state index is 0.287. The molecule has 0 aliphatic heterocycles. The van der Waals surface area contributed by atoms with Crippen LogP contribution in [-0.2, 0) is 0 Å². The Morgan fingerprint density at radius 3 is 2.42 bits per heavy atom. The van der Waals surface area contributed by atoms with Crippen molar-refractivity contribution in [2.45, 2.75) is 0 Å². The smallest absolute Gasteiger partial charge is 0.276 e. The van der Waals surface area contributed by atoms with Gasteiger partial charge in [0, 0.05) is 41.5 Å². The van der Waals surface area contributed by atoms with E-state index < -0.39 is 5.91 Å². The second-order valence-corrected chi connectivity index (χ2v) is 4.97. The van der Waals surface area contributed by atoms with E-state index in [4.69, 9.17) is 5.21 Å². The van der Waals surface area contributed by atoms with Crippen LogP contribution in [0.2, 0.25) is 0 Å². The lowest BCUT2D eigenvalue weighted by atomic mass is 10.0. The summed E-state index contributed by atoms with van der Waals surface area (Å²) in [5.74, 6) is 5.53. The van der Waals surface area contributed by atoms with Crippen molar-refractivity contribution in [2.75, 3.05) is 0 Å². The highest BCUT2D eigenvalue weighted by molar-refractivity contribution is 5.94. The first-order valence-corrected chi connectivity index (χ1v) is 7.18. The van der Waals surface area contributed by atoms with Gasteiger partial charge in [-0.25, -0.2) is 5.48 Å². The zero-order valence-corrected chi connectivity index (χ0v) is 12.6. The van der Waals surface area contributed by atoms with Gasteiger partial charge in [0.05, 0.1) is 5.56 Å². The molecule has 116 valence electrons. The summed E-state index contributed by atoms with van der Waals surface area (Å²) in [5.41, 5.74) is 5.30. The van der Waals surface area contributed by atoms with Crippen molar-refractivity contribution < 1.29 is 10.0 Å². The second kappa shape index (κ2) is 7.18. The summed E-state index contributed by atoms with van der Waals surface area (Å²) >= 11 is 0. The predicted octanol–water partition coefficient (Wildman–Crippen LogP) is 2.66. The topological polar surface area (TPSA) is 75.1 Å². The second-order valence-electron chi connectivity index (χ2n) is 4.97. The molecule has 1 amide bonds. The first-order valence-electron chi connectivity index (χ1n) is 7.18. The Kier molecular flexibility index (Phi) is 4.61. The molecule has 0 saturated heterocycles. The largest absolute Gasteiger partial charge is 0.288 e. The lowest BCUT2D eigenvalue weighted by molar-refractivity contribution is 0.0706. The third-order valence-corrected chi connectivity index (χ3v) is 3.33. The molecule has 3 rings (SSSR count). The number of hydrogen-bond acceptors (Lipinski definition) is 4. The third-order valence-electron chi connectivity index (χ3n) is 3.33. The Balaban J connectivity index is 1.83. The van der Waals surface area contributed by atoms with E-state index in [0.29, 0.717) is 0 Å². The first kappa shape index (κ1) is 15.4. The van der Waals surface area contributed by atoms with Crippen molar-refractivity contribution in [3.63, 3.8) is 0 Å². The van der Waals surface area contributed by atoms with Crippen molar-refractivity contribution in [3.05, 3.63) is 83.9 Å². The Bertz CT molecular complexity index is 911. The summed E-state index contributed by atoms with van der Waals surface area (Å²) in [6.07, 6.45) is 6.47. The van der Waals surface area contributed by atoms with Crippen LogP contribution in [0, 0.1) is 11.8 Å². The normalized spacial score (nSPS) is 9.71. The van der Waals surface area contributed by atoms with Gasteiger partial charge in [-0.3, -0.25) is 20.0 Å². The average molecular weight is 315 g/mol. The minimum Gasteiger partial charge on any atom is -0.288 e. The van der Waals surface area contributed by atoms with E-state index in [9.17, 15) is 4.79 Å². The molecule has 0 saturated carbocycles. The maximum Gasteiger partial charge on any atom is 0.276 e. The maximum absolute atomic E-state index is 11.4. The van der Waals surface area contributed by atoms with Gasteiger partial charge in [0.1, 0.15) is 0 Å². The van der Waals surface area contributed by atoms with Gasteiger partial charge in [0.25, 0.3) is 5.91 Å². The van der Waals surface area contributed by atoms with Gasteiger partial charge >= 0.3 is 0 Å². The van der Waals surface area contributed by atoms with Crippen LogP contribution in [0.1, 0.15) is 21.5 Å². The molecule has 0 atom stereocenters. The fraction of sp³-hybridized carbons (Fsp3) is 0. The van der Waals surface area contributed by atoms with Crippen LogP contribution in [0.15, 0.2) is 67.3 Å². The Morgan fingerprint density at radius 1 is 0.917 bits per heavy atom. The Morgan fingerprint density at radius 2 is 1.71 bits per heavy atom. The molecule has 0 aliphatic carbocycles. The molecule has 2 aromatic heterocycles. The predicted molar refractivity (Wildman–Crippen MR) is 89.1 cm³/mol. The molecular formula is C19H13N3O2. The Labute approximate surface area is 139 Å². The molecule has 2 N–H and O–H groups in total. The Hall–Kier alpha value is -3.49. The highest BCUT2D eigenvalue weighted by atomic mass is 16.5. The van der Waals surface area contributed by atoms with E-state index in [2.05, 4.69) is 21.8 Å². The minimum atomic E-state index is -0.594. The van der Waals surface area contributed by atoms with Crippen molar-refractivity contribution in [3.8, 4) is 23.0 Å². The van der Waals surface area contributed by atoms with Crippen molar-refractivity contribution >= 4 is 5.91 Å². The molecule has 0 fully saturated rings. The zero-order valence-electron chi connectivity index (χ0n) is 12.6. The summed E-state index contributed by atoms with van der Waals surface area (Å²) in [6, 6.07) is 13.0. The molecule has 24 heavy (non-hydrogen) atoms. The molecule has 0 radical (unpaired) electrons. The monoisotopic (exact) mass is 315 g/mol. The number of pyridine rings is 2. The highest BCUT2D eigenvalue weighted by Gasteiger charge is 2.06. The van der Waals surface area contributed by atoms with Crippen molar-refractivity contribution in [2.24, 2.45) is 0 Å². The molecule has 0 spiro atoms. The number of hydrogen-bond donors (Lipinski definition) is 2. The molecule has 5 nitrogen and oxygen atoms in total. The summed E-state index contributed by atoms with van der Waals surface area (Å²) < 4.78 is 0. The number of aromatic nitrogens is 2. The van der Waals surface area contributed by atoms with Gasteiger partial charge in [0.2, 0.25) is 0 Å². The molecule has 2 heterocycles. The fourth-order valence-electron chi connectivity index (χ4n) is 2.11. The van der Waals surface area contributed by atoms with Crippen LogP contribution in [-0.4, -0.2) is 21.1 Å².